The number of benzene rings is 2. The number of hydrogen-bond acceptors (Lipinski definition) is 1. The molecule has 106 valence electrons. The second-order valence-electron chi connectivity index (χ2n) is 4.80. The van der Waals surface area contributed by atoms with Crippen LogP contribution in [0.2, 0.25) is 0 Å². The molecule has 0 aliphatic heterocycles. The number of para-hydroxylation sites is 1. The molecule has 1 aromatic heterocycles. The molecule has 0 N–H and O–H groups in total. The van der Waals surface area contributed by atoms with E-state index in [9.17, 15) is 0 Å². The van der Waals surface area contributed by atoms with Crippen molar-refractivity contribution in [3.05, 3.63) is 70.5 Å². The van der Waals surface area contributed by atoms with Crippen LogP contribution in [-0.4, -0.2) is 24.7 Å². The Labute approximate surface area is 139 Å². The van der Waals surface area contributed by atoms with Gasteiger partial charge >= 0.3 is 140 Å². The summed E-state index contributed by atoms with van der Waals surface area (Å²) in [5, 5.41) is 4.72. The van der Waals surface area contributed by atoms with Crippen LogP contribution in [0, 0.1) is 13.8 Å². The van der Waals surface area contributed by atoms with E-state index in [0.717, 1.165) is 15.9 Å². The van der Waals surface area contributed by atoms with E-state index in [1.807, 2.05) is 22.9 Å². The molecule has 0 aliphatic rings. The molecular weight excluding hydrogens is 391 g/mol. The molecule has 2 nitrogen and oxygen atoms in total. The summed E-state index contributed by atoms with van der Waals surface area (Å²) >= 11 is 3.76. The predicted molar refractivity (Wildman–Crippen MR) is 92.2 cm³/mol. The standard InChI is InChI=1S/C17H15BrN2Se/c1-12-17(21-16-10-8-14(18)9-11-16)13(2)20(19-12)15-6-4-3-5-7-15/h3-11H,1-2H3. The minimum atomic E-state index is 0.280. The van der Waals surface area contributed by atoms with Crippen LogP contribution in [-0.2, 0) is 0 Å². The second kappa shape index (κ2) is 6.18. The molecule has 1 heterocycles. The quantitative estimate of drug-likeness (QED) is 0.612. The number of rotatable bonds is 3. The summed E-state index contributed by atoms with van der Waals surface area (Å²) in [7, 11) is 0. The summed E-state index contributed by atoms with van der Waals surface area (Å²) in [6, 6.07) is 18.9. The summed E-state index contributed by atoms with van der Waals surface area (Å²) in [4.78, 5) is 0. The Morgan fingerprint density at radius 3 is 2.29 bits per heavy atom. The van der Waals surface area contributed by atoms with Crippen molar-refractivity contribution in [3.8, 4) is 5.69 Å². The fourth-order valence-corrected chi connectivity index (χ4v) is 4.43. The number of nitrogens with zero attached hydrogens (tertiary/aromatic N) is 2. The molecule has 0 saturated carbocycles. The maximum absolute atomic E-state index is 4.72. The van der Waals surface area contributed by atoms with Crippen molar-refractivity contribution in [2.75, 3.05) is 0 Å². The first-order valence-corrected chi connectivity index (χ1v) is 9.21. The summed E-state index contributed by atoms with van der Waals surface area (Å²) in [6.45, 7) is 4.26. The van der Waals surface area contributed by atoms with Gasteiger partial charge in [-0.3, -0.25) is 0 Å². The Hall–Kier alpha value is -1.35. The fourth-order valence-electron chi connectivity index (χ4n) is 2.22. The van der Waals surface area contributed by atoms with Crippen LogP contribution in [0.25, 0.3) is 5.69 Å². The van der Waals surface area contributed by atoms with Crippen molar-refractivity contribution < 1.29 is 0 Å². The van der Waals surface area contributed by atoms with Crippen LogP contribution >= 0.6 is 15.9 Å². The average molecular weight is 406 g/mol. The number of halogens is 1. The van der Waals surface area contributed by atoms with Gasteiger partial charge in [-0.15, -0.1) is 0 Å². The number of hydrogen-bond donors (Lipinski definition) is 0. The normalized spacial score (nSPS) is 10.8. The molecule has 2 aromatic carbocycles. The molecule has 0 fully saturated rings. The zero-order chi connectivity index (χ0) is 14.8. The van der Waals surface area contributed by atoms with Crippen LogP contribution in [0.15, 0.2) is 59.1 Å². The molecular formula is C17H15BrN2Se. The van der Waals surface area contributed by atoms with Crippen molar-refractivity contribution >= 4 is 39.8 Å². The Bertz CT molecular complexity index is 748. The van der Waals surface area contributed by atoms with Crippen LogP contribution in [0.1, 0.15) is 11.4 Å². The monoisotopic (exact) mass is 406 g/mol. The Balaban J connectivity index is 1.97. The van der Waals surface area contributed by atoms with Gasteiger partial charge in [-0.2, -0.15) is 0 Å². The molecule has 0 aliphatic carbocycles. The van der Waals surface area contributed by atoms with Crippen molar-refractivity contribution in [1.29, 1.82) is 0 Å². The van der Waals surface area contributed by atoms with E-state index in [4.69, 9.17) is 5.10 Å². The van der Waals surface area contributed by atoms with Gasteiger partial charge in [-0.05, 0) is 0 Å². The summed E-state index contributed by atoms with van der Waals surface area (Å²) in [5.74, 6) is 0. The number of aryl methyl sites for hydroxylation is 1. The molecule has 0 bridgehead atoms. The Kier molecular flexibility index (Phi) is 4.29. The van der Waals surface area contributed by atoms with Gasteiger partial charge in [-0.25, -0.2) is 0 Å². The molecule has 0 saturated heterocycles. The first-order chi connectivity index (χ1) is 10.1. The SMILES string of the molecule is Cc1nn(-c2ccccc2)c(C)c1[Se]c1ccc(Br)cc1. The van der Waals surface area contributed by atoms with Crippen molar-refractivity contribution in [2.45, 2.75) is 13.8 Å². The van der Waals surface area contributed by atoms with Crippen molar-refractivity contribution in [1.82, 2.24) is 9.78 Å². The van der Waals surface area contributed by atoms with Gasteiger partial charge in [0.05, 0.1) is 0 Å². The summed E-state index contributed by atoms with van der Waals surface area (Å²) in [6.07, 6.45) is 0. The van der Waals surface area contributed by atoms with E-state index >= 15 is 0 Å². The average Bonchev–Trinajstić information content (AvgIpc) is 2.78. The van der Waals surface area contributed by atoms with Crippen LogP contribution < -0.4 is 8.92 Å². The third-order valence-electron chi connectivity index (χ3n) is 3.26. The minimum absolute atomic E-state index is 0.280. The van der Waals surface area contributed by atoms with E-state index < -0.39 is 0 Å². The van der Waals surface area contributed by atoms with Gasteiger partial charge in [0, 0.05) is 0 Å². The van der Waals surface area contributed by atoms with Crippen molar-refractivity contribution in [3.63, 3.8) is 0 Å². The van der Waals surface area contributed by atoms with Gasteiger partial charge in [0.25, 0.3) is 0 Å². The van der Waals surface area contributed by atoms with Gasteiger partial charge in [0.1, 0.15) is 0 Å². The topological polar surface area (TPSA) is 17.8 Å². The Morgan fingerprint density at radius 2 is 1.62 bits per heavy atom. The molecule has 3 rings (SSSR count). The zero-order valence-corrected chi connectivity index (χ0v) is 15.2. The van der Waals surface area contributed by atoms with Gasteiger partial charge in [-0.1, -0.05) is 0 Å². The molecule has 4 heteroatoms. The van der Waals surface area contributed by atoms with Crippen LogP contribution in [0.3, 0.4) is 0 Å². The van der Waals surface area contributed by atoms with Crippen LogP contribution in [0.5, 0.6) is 0 Å². The zero-order valence-electron chi connectivity index (χ0n) is 11.9. The molecule has 0 spiro atoms. The number of aromatic nitrogens is 2. The van der Waals surface area contributed by atoms with E-state index in [1.54, 1.807) is 0 Å². The molecule has 3 aromatic rings. The third kappa shape index (κ3) is 3.13. The summed E-state index contributed by atoms with van der Waals surface area (Å²) in [5.41, 5.74) is 3.48. The second-order valence-corrected chi connectivity index (χ2v) is 7.99. The van der Waals surface area contributed by atoms with Crippen LogP contribution in [0.4, 0.5) is 0 Å². The first kappa shape index (κ1) is 14.6. The molecule has 21 heavy (non-hydrogen) atoms. The maximum atomic E-state index is 4.72. The third-order valence-corrected chi connectivity index (χ3v) is 6.52. The first-order valence-electron chi connectivity index (χ1n) is 6.70. The molecule has 0 unspecified atom stereocenters. The van der Waals surface area contributed by atoms with E-state index in [1.165, 1.54) is 14.6 Å². The van der Waals surface area contributed by atoms with Crippen molar-refractivity contribution in [2.24, 2.45) is 0 Å². The fraction of sp³-hybridized carbons (Fsp3) is 0.118. The van der Waals surface area contributed by atoms with Gasteiger partial charge in [0.2, 0.25) is 0 Å². The van der Waals surface area contributed by atoms with Gasteiger partial charge in [0.15, 0.2) is 0 Å². The summed E-state index contributed by atoms with van der Waals surface area (Å²) < 4.78 is 5.90. The molecule has 0 amide bonds. The van der Waals surface area contributed by atoms with Gasteiger partial charge < -0.3 is 0 Å². The molecule has 0 radical (unpaired) electrons. The Morgan fingerprint density at radius 1 is 0.952 bits per heavy atom. The predicted octanol–water partition coefficient (Wildman–Crippen LogP) is 2.91. The van der Waals surface area contributed by atoms with E-state index in [2.05, 4.69) is 66.2 Å². The molecule has 0 atom stereocenters. The van der Waals surface area contributed by atoms with E-state index in [0.29, 0.717) is 0 Å². The van der Waals surface area contributed by atoms with E-state index in [-0.39, 0.29) is 15.0 Å².